The zero-order chi connectivity index (χ0) is 15.5. The summed E-state index contributed by atoms with van der Waals surface area (Å²) in [6.45, 7) is 3.37. The van der Waals surface area contributed by atoms with Gasteiger partial charge in [-0.3, -0.25) is 0 Å². The van der Waals surface area contributed by atoms with Gasteiger partial charge >= 0.3 is 6.18 Å². The summed E-state index contributed by atoms with van der Waals surface area (Å²) in [5.74, 6) is 0.709. The molecule has 21 heavy (non-hydrogen) atoms. The first-order valence-corrected chi connectivity index (χ1v) is 7.18. The van der Waals surface area contributed by atoms with Gasteiger partial charge in [-0.15, -0.1) is 11.3 Å². The lowest BCUT2D eigenvalue weighted by Crippen LogP contribution is -2.12. The Labute approximate surface area is 124 Å². The summed E-state index contributed by atoms with van der Waals surface area (Å²) in [6, 6.07) is 5.33. The van der Waals surface area contributed by atoms with Gasteiger partial charge in [-0.05, 0) is 30.3 Å². The molecule has 7 heteroatoms. The lowest BCUT2D eigenvalue weighted by atomic mass is 10.1. The fourth-order valence-corrected chi connectivity index (χ4v) is 2.65. The van der Waals surface area contributed by atoms with Crippen LogP contribution in [-0.2, 0) is 12.7 Å². The number of hydrogen-bond acceptors (Lipinski definition) is 4. The summed E-state index contributed by atoms with van der Waals surface area (Å²) in [7, 11) is 1.57. The number of methoxy groups -OCH3 is 1. The van der Waals surface area contributed by atoms with Crippen LogP contribution in [0.2, 0.25) is 0 Å². The number of thiazole rings is 1. The Morgan fingerprint density at radius 2 is 2.10 bits per heavy atom. The van der Waals surface area contributed by atoms with Crippen LogP contribution in [-0.4, -0.2) is 18.6 Å². The molecule has 0 saturated heterocycles. The zero-order valence-electron chi connectivity index (χ0n) is 11.6. The largest absolute Gasteiger partial charge is 0.496 e. The van der Waals surface area contributed by atoms with Gasteiger partial charge in [-0.25, -0.2) is 4.98 Å². The topological polar surface area (TPSA) is 34.2 Å². The first kappa shape index (κ1) is 15.8. The fourth-order valence-electron chi connectivity index (χ4n) is 1.87. The summed E-state index contributed by atoms with van der Waals surface area (Å²) in [4.78, 5) is 3.93. The van der Waals surface area contributed by atoms with E-state index in [-0.39, 0.29) is 0 Å². The number of aromatic nitrogens is 1. The van der Waals surface area contributed by atoms with Gasteiger partial charge in [0.15, 0.2) is 5.01 Å². The van der Waals surface area contributed by atoms with Crippen LogP contribution < -0.4 is 10.1 Å². The monoisotopic (exact) mass is 316 g/mol. The third-order valence-corrected chi connectivity index (χ3v) is 3.97. The average molecular weight is 316 g/mol. The maximum absolute atomic E-state index is 12.6. The lowest BCUT2D eigenvalue weighted by molar-refractivity contribution is -0.137. The Balaban J connectivity index is 2.33. The highest BCUT2D eigenvalue weighted by Crippen LogP contribution is 2.37. The Hall–Kier alpha value is -1.60. The number of rotatable bonds is 5. The molecule has 0 spiro atoms. The molecule has 0 saturated carbocycles. The minimum atomic E-state index is -4.40. The van der Waals surface area contributed by atoms with Crippen molar-refractivity contribution >= 4 is 11.3 Å². The van der Waals surface area contributed by atoms with Gasteiger partial charge < -0.3 is 10.1 Å². The molecular formula is C14H15F3N2OS. The molecule has 0 aliphatic carbocycles. The highest BCUT2D eigenvalue weighted by Gasteiger charge is 2.34. The number of halogens is 3. The molecule has 3 nitrogen and oxygen atoms in total. The summed E-state index contributed by atoms with van der Waals surface area (Å²) in [5.41, 5.74) is 1.61. The van der Waals surface area contributed by atoms with Crippen molar-refractivity contribution in [1.29, 1.82) is 0 Å². The molecule has 1 aromatic heterocycles. The van der Waals surface area contributed by atoms with Crippen LogP contribution in [0.3, 0.4) is 0 Å². The second kappa shape index (κ2) is 6.44. The molecule has 0 atom stereocenters. The van der Waals surface area contributed by atoms with E-state index in [0.29, 0.717) is 34.1 Å². The molecule has 114 valence electrons. The predicted molar refractivity (Wildman–Crippen MR) is 76.5 cm³/mol. The molecule has 0 radical (unpaired) electrons. The number of nitrogens with zero attached hydrogens (tertiary/aromatic N) is 1. The summed E-state index contributed by atoms with van der Waals surface area (Å²) < 4.78 is 43.1. The number of hydrogen-bond donors (Lipinski definition) is 1. The van der Waals surface area contributed by atoms with Gasteiger partial charge in [-0.1, -0.05) is 6.92 Å². The van der Waals surface area contributed by atoms with E-state index >= 15 is 0 Å². The molecule has 1 heterocycles. The van der Waals surface area contributed by atoms with Crippen molar-refractivity contribution in [2.75, 3.05) is 13.7 Å². The van der Waals surface area contributed by atoms with Crippen molar-refractivity contribution < 1.29 is 17.9 Å². The van der Waals surface area contributed by atoms with E-state index in [1.807, 2.05) is 13.0 Å². The van der Waals surface area contributed by atoms with Crippen molar-refractivity contribution in [1.82, 2.24) is 10.3 Å². The normalized spacial score (nSPS) is 11.7. The first-order valence-electron chi connectivity index (χ1n) is 6.36. The van der Waals surface area contributed by atoms with Crippen molar-refractivity contribution in [3.63, 3.8) is 0 Å². The van der Waals surface area contributed by atoms with Gasteiger partial charge in [0.1, 0.15) is 5.75 Å². The molecule has 0 fully saturated rings. The van der Waals surface area contributed by atoms with E-state index in [2.05, 4.69) is 10.3 Å². The van der Waals surface area contributed by atoms with E-state index in [9.17, 15) is 13.2 Å². The Kier molecular flexibility index (Phi) is 4.84. The van der Waals surface area contributed by atoms with Crippen molar-refractivity contribution in [3.8, 4) is 16.2 Å². The van der Waals surface area contributed by atoms with E-state index in [1.54, 1.807) is 19.2 Å². The molecule has 1 N–H and O–H groups in total. The highest BCUT2D eigenvalue weighted by molar-refractivity contribution is 7.15. The maximum Gasteiger partial charge on any atom is 0.443 e. The molecule has 0 amide bonds. The van der Waals surface area contributed by atoms with Gasteiger partial charge in [0.05, 0.1) is 12.0 Å². The number of ether oxygens (including phenoxy) is 1. The Morgan fingerprint density at radius 3 is 2.67 bits per heavy atom. The first-order chi connectivity index (χ1) is 9.95. The smallest absolute Gasteiger partial charge is 0.443 e. The van der Waals surface area contributed by atoms with E-state index < -0.39 is 11.2 Å². The fraction of sp³-hybridized carbons (Fsp3) is 0.357. The molecular weight excluding hydrogens is 301 g/mol. The number of benzene rings is 1. The summed E-state index contributed by atoms with van der Waals surface area (Å²) in [6.07, 6.45) is -3.14. The van der Waals surface area contributed by atoms with Crippen LogP contribution in [0.25, 0.3) is 10.4 Å². The van der Waals surface area contributed by atoms with Crippen molar-refractivity contribution in [2.24, 2.45) is 0 Å². The molecule has 0 unspecified atom stereocenters. The molecule has 0 bridgehead atoms. The second-order valence-electron chi connectivity index (χ2n) is 4.33. The van der Waals surface area contributed by atoms with Gasteiger partial charge in [-0.2, -0.15) is 13.2 Å². The van der Waals surface area contributed by atoms with Crippen LogP contribution in [0.15, 0.2) is 24.4 Å². The SMILES string of the molecule is CCNCc1cc(-c2cnc(C(F)(F)F)s2)ccc1OC. The molecule has 0 aliphatic rings. The van der Waals surface area contributed by atoms with Crippen molar-refractivity contribution in [3.05, 3.63) is 35.0 Å². The van der Waals surface area contributed by atoms with Crippen molar-refractivity contribution in [2.45, 2.75) is 19.6 Å². The quantitative estimate of drug-likeness (QED) is 0.907. The summed E-state index contributed by atoms with van der Waals surface area (Å²) in [5, 5.41) is 2.34. The minimum absolute atomic E-state index is 0.489. The van der Waals surface area contributed by atoms with Crippen LogP contribution >= 0.6 is 11.3 Å². The van der Waals surface area contributed by atoms with Crippen LogP contribution in [0.5, 0.6) is 5.75 Å². The van der Waals surface area contributed by atoms with Crippen LogP contribution in [0.4, 0.5) is 13.2 Å². The third-order valence-electron chi connectivity index (χ3n) is 2.88. The van der Waals surface area contributed by atoms with Gasteiger partial charge in [0.2, 0.25) is 0 Å². The van der Waals surface area contributed by atoms with Crippen LogP contribution in [0.1, 0.15) is 17.5 Å². The van der Waals surface area contributed by atoms with E-state index in [4.69, 9.17) is 4.74 Å². The number of nitrogens with one attached hydrogen (secondary N) is 1. The molecule has 2 rings (SSSR count). The zero-order valence-corrected chi connectivity index (χ0v) is 12.4. The molecule has 0 aliphatic heterocycles. The third kappa shape index (κ3) is 3.74. The van der Waals surface area contributed by atoms with Gasteiger partial charge in [0.25, 0.3) is 0 Å². The predicted octanol–water partition coefficient (Wildman–Crippen LogP) is 3.95. The average Bonchev–Trinajstić information content (AvgIpc) is 2.94. The molecule has 2 aromatic rings. The van der Waals surface area contributed by atoms with Crippen LogP contribution in [0, 0.1) is 0 Å². The second-order valence-corrected chi connectivity index (χ2v) is 5.37. The minimum Gasteiger partial charge on any atom is -0.496 e. The van der Waals surface area contributed by atoms with E-state index in [0.717, 1.165) is 12.1 Å². The standard InChI is InChI=1S/C14H15F3N2OS/c1-3-18-7-10-6-9(4-5-11(10)20-2)12-8-19-13(21-12)14(15,16)17/h4-6,8,18H,3,7H2,1-2H3. The van der Waals surface area contributed by atoms with Gasteiger partial charge in [0, 0.05) is 18.3 Å². The maximum atomic E-state index is 12.6. The number of alkyl halides is 3. The summed E-state index contributed by atoms with van der Waals surface area (Å²) >= 11 is 0.642. The lowest BCUT2D eigenvalue weighted by Gasteiger charge is -2.10. The van der Waals surface area contributed by atoms with E-state index in [1.165, 1.54) is 6.20 Å². The highest BCUT2D eigenvalue weighted by atomic mass is 32.1. The Bertz CT molecular complexity index is 611. The molecule has 1 aromatic carbocycles. The Morgan fingerprint density at radius 1 is 1.33 bits per heavy atom.